The van der Waals surface area contributed by atoms with E-state index in [4.69, 9.17) is 9.47 Å². The largest absolute Gasteiger partial charge is 0.497 e. The van der Waals surface area contributed by atoms with Crippen molar-refractivity contribution in [1.82, 2.24) is 0 Å². The number of carbonyl (C=O) groups excluding carboxylic acids is 1. The fourth-order valence-electron chi connectivity index (χ4n) is 2.37. The molecule has 0 spiro atoms. The summed E-state index contributed by atoms with van der Waals surface area (Å²) in [6.07, 6.45) is 0.480. The van der Waals surface area contributed by atoms with Crippen molar-refractivity contribution in [2.75, 3.05) is 7.11 Å². The summed E-state index contributed by atoms with van der Waals surface area (Å²) >= 11 is 0. The van der Waals surface area contributed by atoms with Crippen molar-refractivity contribution in [3.8, 4) is 5.75 Å². The molecule has 0 aliphatic rings. The first-order valence-electron chi connectivity index (χ1n) is 8.20. The number of esters is 1. The molecule has 2 aromatic carbocycles. The van der Waals surface area contributed by atoms with Crippen molar-refractivity contribution in [3.05, 3.63) is 69.8 Å². The zero-order valence-corrected chi connectivity index (χ0v) is 14.5. The maximum atomic E-state index is 11.8. The molecule has 1 atom stereocenters. The summed E-state index contributed by atoms with van der Waals surface area (Å²) in [7, 11) is 1.60. The molecular weight excluding hydrogens is 338 g/mol. The van der Waals surface area contributed by atoms with Crippen molar-refractivity contribution in [1.29, 1.82) is 0 Å². The van der Waals surface area contributed by atoms with Crippen LogP contribution in [0.15, 0.2) is 48.5 Å². The molecule has 7 nitrogen and oxygen atoms in total. The van der Waals surface area contributed by atoms with Crippen molar-refractivity contribution in [3.63, 3.8) is 0 Å². The Kier molecular flexibility index (Phi) is 7.11. The van der Waals surface area contributed by atoms with E-state index in [1.807, 2.05) is 24.3 Å². The minimum Gasteiger partial charge on any atom is -0.497 e. The van der Waals surface area contributed by atoms with E-state index >= 15 is 0 Å². The molecule has 0 heterocycles. The third-order valence-electron chi connectivity index (χ3n) is 3.90. The number of nitro groups is 1. The van der Waals surface area contributed by atoms with Crippen LogP contribution in [0.3, 0.4) is 0 Å². The van der Waals surface area contributed by atoms with Crippen LogP contribution in [-0.2, 0) is 22.6 Å². The zero-order valence-electron chi connectivity index (χ0n) is 14.5. The highest BCUT2D eigenvalue weighted by Crippen LogP contribution is 2.15. The van der Waals surface area contributed by atoms with Crippen molar-refractivity contribution >= 4 is 11.7 Å². The number of hydrogen-bond acceptors (Lipinski definition) is 6. The summed E-state index contributed by atoms with van der Waals surface area (Å²) in [6.45, 7) is -0.0353. The highest BCUT2D eigenvalue weighted by molar-refractivity contribution is 5.74. The topological polar surface area (TPSA) is 98.9 Å². The van der Waals surface area contributed by atoms with Crippen LogP contribution >= 0.6 is 0 Å². The number of ether oxygens (including phenoxy) is 2. The summed E-state index contributed by atoms with van der Waals surface area (Å²) in [6, 6.07) is 13.3. The lowest BCUT2D eigenvalue weighted by molar-refractivity contribution is -0.384. The van der Waals surface area contributed by atoms with Crippen LogP contribution in [0.2, 0.25) is 0 Å². The zero-order chi connectivity index (χ0) is 18.9. The molecule has 0 saturated heterocycles. The predicted molar refractivity (Wildman–Crippen MR) is 94.8 cm³/mol. The fraction of sp³-hybridized carbons (Fsp3) is 0.316. The highest BCUT2D eigenvalue weighted by Gasteiger charge is 2.16. The van der Waals surface area contributed by atoms with Gasteiger partial charge in [0.15, 0.2) is 6.10 Å². The quantitative estimate of drug-likeness (QED) is 0.420. The number of non-ortho nitro benzene ring substituents is 1. The summed E-state index contributed by atoms with van der Waals surface area (Å²) in [5, 5.41) is 20.5. The maximum absolute atomic E-state index is 11.8. The van der Waals surface area contributed by atoms with Crippen LogP contribution in [0.1, 0.15) is 24.0 Å². The number of carbonyl (C=O) groups is 1. The number of aryl methyl sites for hydroxylation is 1. The minimum absolute atomic E-state index is 0.0290. The number of rotatable bonds is 9. The molecule has 1 N–H and O–H groups in total. The van der Waals surface area contributed by atoms with Gasteiger partial charge in [-0.05, 0) is 54.7 Å². The molecule has 26 heavy (non-hydrogen) atoms. The second kappa shape index (κ2) is 9.53. The van der Waals surface area contributed by atoms with Gasteiger partial charge >= 0.3 is 5.97 Å². The number of aliphatic hydroxyl groups excluding tert-OH is 1. The van der Waals surface area contributed by atoms with E-state index in [1.54, 1.807) is 7.11 Å². The molecule has 0 unspecified atom stereocenters. The number of benzene rings is 2. The van der Waals surface area contributed by atoms with Crippen LogP contribution in [0.5, 0.6) is 5.75 Å². The molecule has 2 rings (SSSR count). The predicted octanol–water partition coefficient (Wildman–Crippen LogP) is 3.03. The molecule has 0 bridgehead atoms. The molecule has 2 aromatic rings. The smallest absolute Gasteiger partial charge is 0.335 e. The van der Waals surface area contributed by atoms with Gasteiger partial charge in [-0.25, -0.2) is 4.79 Å². The molecule has 0 saturated carbocycles. The molecular formula is C19H21NO6. The Hall–Kier alpha value is -2.93. The summed E-state index contributed by atoms with van der Waals surface area (Å²) < 4.78 is 10.1. The van der Waals surface area contributed by atoms with Crippen molar-refractivity contribution in [2.24, 2.45) is 0 Å². The average molecular weight is 359 g/mol. The summed E-state index contributed by atoms with van der Waals surface area (Å²) in [4.78, 5) is 21.9. The lowest BCUT2D eigenvalue weighted by atomic mass is 10.1. The third-order valence-corrected chi connectivity index (χ3v) is 3.90. The van der Waals surface area contributed by atoms with Gasteiger partial charge in [0.1, 0.15) is 12.4 Å². The number of nitrogens with zero attached hydrogens (tertiary/aromatic N) is 1. The van der Waals surface area contributed by atoms with Crippen LogP contribution in [0, 0.1) is 10.1 Å². The molecule has 138 valence electrons. The SMILES string of the molecule is COc1ccc(CCC[C@@H](O)C(=O)OCc2ccc([N+](=O)[O-])cc2)cc1. The van der Waals surface area contributed by atoms with Crippen molar-refractivity contribution in [2.45, 2.75) is 32.0 Å². The number of nitro benzene ring substituents is 1. The van der Waals surface area contributed by atoms with Gasteiger partial charge in [0.25, 0.3) is 5.69 Å². The molecule has 0 aliphatic heterocycles. The Balaban J connectivity index is 1.72. The first-order valence-corrected chi connectivity index (χ1v) is 8.20. The molecule has 0 aromatic heterocycles. The van der Waals surface area contributed by atoms with E-state index in [0.29, 0.717) is 18.4 Å². The molecule has 7 heteroatoms. The van der Waals surface area contributed by atoms with Crippen molar-refractivity contribution < 1.29 is 24.3 Å². The fourth-order valence-corrected chi connectivity index (χ4v) is 2.37. The Bertz CT molecular complexity index is 727. The van der Waals surface area contributed by atoms with Gasteiger partial charge in [-0.1, -0.05) is 12.1 Å². The number of hydrogen-bond donors (Lipinski definition) is 1. The summed E-state index contributed by atoms with van der Waals surface area (Å²) in [5.41, 5.74) is 1.69. The van der Waals surface area contributed by atoms with E-state index in [9.17, 15) is 20.0 Å². The lowest BCUT2D eigenvalue weighted by Crippen LogP contribution is -2.23. The monoisotopic (exact) mass is 359 g/mol. The van der Waals surface area contributed by atoms with Gasteiger partial charge < -0.3 is 14.6 Å². The second-order valence-electron chi connectivity index (χ2n) is 5.79. The van der Waals surface area contributed by atoms with Gasteiger partial charge in [0.05, 0.1) is 12.0 Å². The Labute approximate surface area is 151 Å². The Morgan fingerprint density at radius 3 is 2.31 bits per heavy atom. The Morgan fingerprint density at radius 2 is 1.73 bits per heavy atom. The minimum atomic E-state index is -1.19. The molecule has 0 radical (unpaired) electrons. The molecule has 0 aliphatic carbocycles. The van der Waals surface area contributed by atoms with E-state index in [1.165, 1.54) is 24.3 Å². The third kappa shape index (κ3) is 5.86. The normalized spacial score (nSPS) is 11.6. The van der Waals surface area contributed by atoms with Gasteiger partial charge in [-0.2, -0.15) is 0 Å². The van der Waals surface area contributed by atoms with Crippen LogP contribution in [-0.4, -0.2) is 29.2 Å². The van der Waals surface area contributed by atoms with Gasteiger partial charge in [0.2, 0.25) is 0 Å². The van der Waals surface area contributed by atoms with Crippen LogP contribution < -0.4 is 4.74 Å². The number of methoxy groups -OCH3 is 1. The average Bonchev–Trinajstić information content (AvgIpc) is 2.66. The van der Waals surface area contributed by atoms with E-state index < -0.39 is 17.0 Å². The Morgan fingerprint density at radius 1 is 1.12 bits per heavy atom. The standard InChI is InChI=1S/C19H21NO6/c1-25-17-11-7-14(8-12-17)3-2-4-18(21)19(22)26-13-15-5-9-16(10-6-15)20(23)24/h5-12,18,21H,2-4,13H2,1H3/t18-/m1/s1. The summed E-state index contributed by atoms with van der Waals surface area (Å²) in [5.74, 6) is 0.0849. The van der Waals surface area contributed by atoms with Gasteiger partial charge in [-0.15, -0.1) is 0 Å². The highest BCUT2D eigenvalue weighted by atomic mass is 16.6. The van der Waals surface area contributed by atoms with E-state index in [-0.39, 0.29) is 12.3 Å². The first-order chi connectivity index (χ1) is 12.5. The van der Waals surface area contributed by atoms with E-state index in [2.05, 4.69) is 0 Å². The molecule has 0 fully saturated rings. The second-order valence-corrected chi connectivity index (χ2v) is 5.79. The first kappa shape index (κ1) is 19.4. The number of aliphatic hydroxyl groups is 1. The van der Waals surface area contributed by atoms with Crippen LogP contribution in [0.25, 0.3) is 0 Å². The molecule has 0 amide bonds. The van der Waals surface area contributed by atoms with Gasteiger partial charge in [-0.3, -0.25) is 10.1 Å². The maximum Gasteiger partial charge on any atom is 0.335 e. The van der Waals surface area contributed by atoms with E-state index in [0.717, 1.165) is 17.7 Å². The lowest BCUT2D eigenvalue weighted by Gasteiger charge is -2.11. The van der Waals surface area contributed by atoms with Crippen LogP contribution in [0.4, 0.5) is 5.69 Å². The van der Waals surface area contributed by atoms with Gasteiger partial charge in [0, 0.05) is 12.1 Å².